The molecule has 0 saturated heterocycles. The van der Waals surface area contributed by atoms with Crippen LogP contribution in [0.1, 0.15) is 0 Å². The van der Waals surface area contributed by atoms with Crippen LogP contribution < -0.4 is 0 Å². The average molecular weight is 499 g/mol. The molecule has 0 aliphatic rings. The van der Waals surface area contributed by atoms with Gasteiger partial charge in [0.2, 0.25) is 0 Å². The molecule has 39 heavy (non-hydrogen) atoms. The lowest BCUT2D eigenvalue weighted by atomic mass is 9.95. The van der Waals surface area contributed by atoms with Crippen molar-refractivity contribution in [3.63, 3.8) is 0 Å². The molecule has 0 radical (unpaired) electrons. The molecule has 0 bridgehead atoms. The predicted molar refractivity (Wildman–Crippen MR) is 161 cm³/mol. The second-order valence-corrected chi connectivity index (χ2v) is 9.80. The third kappa shape index (κ3) is 3.52. The maximum absolute atomic E-state index is 6.50. The van der Waals surface area contributed by atoms with E-state index in [0.29, 0.717) is 0 Å². The Morgan fingerprint density at radius 3 is 1.77 bits per heavy atom. The number of benzene rings is 6. The van der Waals surface area contributed by atoms with Gasteiger partial charge in [0.25, 0.3) is 0 Å². The van der Waals surface area contributed by atoms with Crippen LogP contribution in [-0.2, 0) is 0 Å². The standard InChI is InChI=1S/C36H22N2O/c1-3-11-23(12-4-1)25-19-20-33-28(21-25)30-22-29(26-15-7-8-16-27(26)36(30)39-33)35-34(24-13-5-2-6-14-24)37-31-17-9-10-18-32(31)38-35/h1-22H. The molecule has 8 aromatic rings. The summed E-state index contributed by atoms with van der Waals surface area (Å²) in [4.78, 5) is 10.3. The largest absolute Gasteiger partial charge is 0.455 e. The van der Waals surface area contributed by atoms with E-state index < -0.39 is 0 Å². The van der Waals surface area contributed by atoms with Crippen molar-refractivity contribution in [2.75, 3.05) is 0 Å². The summed E-state index contributed by atoms with van der Waals surface area (Å²) in [6, 6.07) is 46.0. The number of rotatable bonds is 3. The Labute approximate surface area is 225 Å². The molecule has 3 nitrogen and oxygen atoms in total. The topological polar surface area (TPSA) is 38.9 Å². The van der Waals surface area contributed by atoms with Crippen LogP contribution in [0.5, 0.6) is 0 Å². The fourth-order valence-corrected chi connectivity index (χ4v) is 5.59. The Morgan fingerprint density at radius 2 is 1.03 bits per heavy atom. The molecule has 0 spiro atoms. The van der Waals surface area contributed by atoms with E-state index in [2.05, 4.69) is 84.9 Å². The molecule has 0 fully saturated rings. The van der Waals surface area contributed by atoms with Gasteiger partial charge < -0.3 is 4.42 Å². The van der Waals surface area contributed by atoms with Gasteiger partial charge in [-0.1, -0.05) is 103 Å². The zero-order chi connectivity index (χ0) is 25.8. The monoisotopic (exact) mass is 498 g/mol. The first-order valence-corrected chi connectivity index (χ1v) is 13.1. The molecule has 2 aromatic heterocycles. The molecule has 0 aliphatic carbocycles. The minimum Gasteiger partial charge on any atom is -0.455 e. The first-order valence-electron chi connectivity index (χ1n) is 13.1. The molecule has 0 N–H and O–H groups in total. The fraction of sp³-hybridized carbons (Fsp3) is 0. The molecule has 8 rings (SSSR count). The average Bonchev–Trinajstić information content (AvgIpc) is 3.39. The van der Waals surface area contributed by atoms with Crippen molar-refractivity contribution in [3.8, 4) is 33.6 Å². The van der Waals surface area contributed by atoms with Crippen LogP contribution in [0, 0.1) is 0 Å². The third-order valence-electron chi connectivity index (χ3n) is 7.46. The van der Waals surface area contributed by atoms with Gasteiger partial charge in [0.1, 0.15) is 11.2 Å². The van der Waals surface area contributed by atoms with Crippen molar-refractivity contribution in [1.82, 2.24) is 9.97 Å². The minimum atomic E-state index is 0.867. The normalized spacial score (nSPS) is 11.6. The predicted octanol–water partition coefficient (Wildman–Crippen LogP) is 9.68. The number of hydrogen-bond donors (Lipinski definition) is 0. The van der Waals surface area contributed by atoms with Gasteiger partial charge in [-0.15, -0.1) is 0 Å². The van der Waals surface area contributed by atoms with E-state index >= 15 is 0 Å². The molecule has 6 aromatic carbocycles. The molecule has 0 atom stereocenters. The summed E-state index contributed by atoms with van der Waals surface area (Å²) in [7, 11) is 0. The summed E-state index contributed by atoms with van der Waals surface area (Å²) >= 11 is 0. The van der Waals surface area contributed by atoms with Crippen LogP contribution in [0.15, 0.2) is 138 Å². The molecule has 3 heteroatoms. The Bertz CT molecular complexity index is 2160. The van der Waals surface area contributed by atoms with E-state index in [1.54, 1.807) is 0 Å². The summed E-state index contributed by atoms with van der Waals surface area (Å²) in [5.74, 6) is 0. The van der Waals surface area contributed by atoms with E-state index in [0.717, 1.165) is 71.8 Å². The molecule has 182 valence electrons. The molecule has 0 aliphatic heterocycles. The Balaban J connectivity index is 1.48. The lowest BCUT2D eigenvalue weighted by molar-refractivity contribution is 0.673. The molecule has 2 heterocycles. The van der Waals surface area contributed by atoms with Crippen LogP contribution in [0.3, 0.4) is 0 Å². The quantitative estimate of drug-likeness (QED) is 0.243. The summed E-state index contributed by atoms with van der Waals surface area (Å²) in [6.07, 6.45) is 0. The van der Waals surface area contributed by atoms with Crippen molar-refractivity contribution >= 4 is 43.7 Å². The minimum absolute atomic E-state index is 0.867. The summed E-state index contributed by atoms with van der Waals surface area (Å²) in [5.41, 5.74) is 9.69. The van der Waals surface area contributed by atoms with E-state index in [4.69, 9.17) is 14.4 Å². The van der Waals surface area contributed by atoms with Gasteiger partial charge in [-0.2, -0.15) is 0 Å². The number of hydrogen-bond acceptors (Lipinski definition) is 3. The maximum Gasteiger partial charge on any atom is 0.143 e. The zero-order valence-electron chi connectivity index (χ0n) is 21.0. The zero-order valence-corrected chi connectivity index (χ0v) is 21.0. The highest BCUT2D eigenvalue weighted by atomic mass is 16.3. The maximum atomic E-state index is 6.50. The van der Waals surface area contributed by atoms with Gasteiger partial charge in [-0.05, 0) is 46.8 Å². The Morgan fingerprint density at radius 1 is 0.410 bits per heavy atom. The van der Waals surface area contributed by atoms with E-state index in [-0.39, 0.29) is 0 Å². The third-order valence-corrected chi connectivity index (χ3v) is 7.46. The van der Waals surface area contributed by atoms with Gasteiger partial charge in [0.05, 0.1) is 22.4 Å². The number of furan rings is 1. The first-order chi connectivity index (χ1) is 19.3. The lowest BCUT2D eigenvalue weighted by Gasteiger charge is -2.13. The number of aromatic nitrogens is 2. The van der Waals surface area contributed by atoms with E-state index in [9.17, 15) is 0 Å². The van der Waals surface area contributed by atoms with Crippen molar-refractivity contribution in [1.29, 1.82) is 0 Å². The second-order valence-electron chi connectivity index (χ2n) is 9.80. The van der Waals surface area contributed by atoms with Gasteiger partial charge in [-0.3, -0.25) is 0 Å². The second kappa shape index (κ2) is 8.64. The number of para-hydroxylation sites is 2. The SMILES string of the molecule is c1ccc(-c2ccc3oc4c5ccccc5c(-c5nc6ccccc6nc5-c5ccccc5)cc4c3c2)cc1. The molecule has 0 unspecified atom stereocenters. The van der Waals surface area contributed by atoms with Gasteiger partial charge in [-0.25, -0.2) is 9.97 Å². The molecule has 0 amide bonds. The van der Waals surface area contributed by atoms with Crippen LogP contribution >= 0.6 is 0 Å². The smallest absolute Gasteiger partial charge is 0.143 e. The van der Waals surface area contributed by atoms with Crippen LogP contribution in [-0.4, -0.2) is 9.97 Å². The fourth-order valence-electron chi connectivity index (χ4n) is 5.59. The van der Waals surface area contributed by atoms with Gasteiger partial charge in [0.15, 0.2) is 0 Å². The number of fused-ring (bicyclic) bond motifs is 6. The van der Waals surface area contributed by atoms with E-state index in [1.807, 2.05) is 48.5 Å². The van der Waals surface area contributed by atoms with E-state index in [1.165, 1.54) is 5.56 Å². The molecular formula is C36H22N2O. The van der Waals surface area contributed by atoms with Crippen molar-refractivity contribution < 1.29 is 4.42 Å². The van der Waals surface area contributed by atoms with Crippen LogP contribution in [0.2, 0.25) is 0 Å². The van der Waals surface area contributed by atoms with Crippen molar-refractivity contribution in [2.24, 2.45) is 0 Å². The van der Waals surface area contributed by atoms with Crippen LogP contribution in [0.25, 0.3) is 77.4 Å². The highest BCUT2D eigenvalue weighted by Gasteiger charge is 2.20. The van der Waals surface area contributed by atoms with Crippen molar-refractivity contribution in [3.05, 3.63) is 133 Å². The summed E-state index contributed by atoms with van der Waals surface area (Å²) in [5, 5.41) is 4.32. The van der Waals surface area contributed by atoms with Crippen LogP contribution in [0.4, 0.5) is 0 Å². The number of nitrogens with zero attached hydrogens (tertiary/aromatic N) is 2. The Hall–Kier alpha value is -5.28. The van der Waals surface area contributed by atoms with Gasteiger partial charge in [0, 0.05) is 27.3 Å². The summed E-state index contributed by atoms with van der Waals surface area (Å²) in [6.45, 7) is 0. The first kappa shape index (κ1) is 21.8. The highest BCUT2D eigenvalue weighted by molar-refractivity contribution is 6.20. The Kier molecular flexibility index (Phi) is 4.82. The van der Waals surface area contributed by atoms with Gasteiger partial charge >= 0.3 is 0 Å². The lowest BCUT2D eigenvalue weighted by Crippen LogP contribution is -1.96. The van der Waals surface area contributed by atoms with Crippen molar-refractivity contribution in [2.45, 2.75) is 0 Å². The molecular weight excluding hydrogens is 476 g/mol. The summed E-state index contributed by atoms with van der Waals surface area (Å²) < 4.78 is 6.50. The molecule has 0 saturated carbocycles. The highest BCUT2D eigenvalue weighted by Crippen LogP contribution is 2.42.